The Morgan fingerprint density at radius 1 is 1.12 bits per heavy atom. The van der Waals surface area contributed by atoms with E-state index in [0.717, 1.165) is 34.0 Å². The zero-order valence-corrected chi connectivity index (χ0v) is 19.4. The van der Waals surface area contributed by atoms with Gasteiger partial charge in [-0.1, -0.05) is 29.8 Å². The number of anilines is 2. The summed E-state index contributed by atoms with van der Waals surface area (Å²) in [7, 11) is 0. The molecule has 5 rings (SSSR count). The van der Waals surface area contributed by atoms with E-state index in [2.05, 4.69) is 38.0 Å². The molecular weight excluding hydrogens is 460 g/mol. The standard InChI is InChI=1S/C24H19ClN4OS2/c1-14(30)26-17-8-4-15(5-9-17)20-13-19-22(21-3-2-12-32-21)27-24(31)28-23(19)29(20)18-10-6-16(25)7-11-18/h2-13,22H,1H3,(H,26,30)(H2,27,28,31). The Hall–Kier alpha value is -3.13. The molecule has 0 saturated heterocycles. The molecule has 0 fully saturated rings. The molecule has 0 radical (unpaired) electrons. The molecule has 0 bridgehead atoms. The van der Waals surface area contributed by atoms with Crippen LogP contribution in [0.15, 0.2) is 72.1 Å². The average molecular weight is 479 g/mol. The fourth-order valence-corrected chi connectivity index (χ4v) is 5.04. The van der Waals surface area contributed by atoms with Crippen molar-refractivity contribution in [3.63, 3.8) is 0 Å². The predicted molar refractivity (Wildman–Crippen MR) is 136 cm³/mol. The van der Waals surface area contributed by atoms with E-state index in [0.29, 0.717) is 10.1 Å². The molecule has 32 heavy (non-hydrogen) atoms. The molecule has 0 spiro atoms. The van der Waals surface area contributed by atoms with Gasteiger partial charge in [0.25, 0.3) is 0 Å². The quantitative estimate of drug-likeness (QED) is 0.305. The topological polar surface area (TPSA) is 58.1 Å². The van der Waals surface area contributed by atoms with Crippen molar-refractivity contribution in [1.29, 1.82) is 0 Å². The third-order valence-electron chi connectivity index (χ3n) is 5.26. The Bertz CT molecular complexity index is 1300. The summed E-state index contributed by atoms with van der Waals surface area (Å²) in [5.41, 5.74) is 4.86. The Labute approximate surface area is 200 Å². The van der Waals surface area contributed by atoms with Gasteiger partial charge in [0, 0.05) is 33.8 Å². The van der Waals surface area contributed by atoms with Crippen molar-refractivity contribution in [2.75, 3.05) is 10.6 Å². The van der Waals surface area contributed by atoms with Gasteiger partial charge in [0.05, 0.1) is 11.7 Å². The monoisotopic (exact) mass is 478 g/mol. The molecule has 2 aromatic carbocycles. The van der Waals surface area contributed by atoms with Gasteiger partial charge in [-0.05, 0) is 71.7 Å². The summed E-state index contributed by atoms with van der Waals surface area (Å²) in [5, 5.41) is 12.9. The molecule has 8 heteroatoms. The first-order valence-corrected chi connectivity index (χ1v) is 11.7. The number of halogens is 1. The summed E-state index contributed by atoms with van der Waals surface area (Å²) >= 11 is 13.4. The highest BCUT2D eigenvalue weighted by Crippen LogP contribution is 2.41. The summed E-state index contributed by atoms with van der Waals surface area (Å²) < 4.78 is 2.16. The van der Waals surface area contributed by atoms with Gasteiger partial charge in [-0.15, -0.1) is 11.3 Å². The summed E-state index contributed by atoms with van der Waals surface area (Å²) in [6, 6.07) is 21.9. The molecule has 3 heterocycles. The van der Waals surface area contributed by atoms with Crippen molar-refractivity contribution in [1.82, 2.24) is 9.88 Å². The van der Waals surface area contributed by atoms with E-state index >= 15 is 0 Å². The number of carbonyl (C=O) groups is 1. The minimum atomic E-state index is -0.0969. The van der Waals surface area contributed by atoms with E-state index in [1.807, 2.05) is 54.6 Å². The van der Waals surface area contributed by atoms with Crippen molar-refractivity contribution >= 4 is 57.7 Å². The van der Waals surface area contributed by atoms with Crippen LogP contribution >= 0.6 is 35.2 Å². The van der Waals surface area contributed by atoms with Gasteiger partial charge in [0.1, 0.15) is 5.82 Å². The molecule has 1 aliphatic rings. The smallest absolute Gasteiger partial charge is 0.221 e. The summed E-state index contributed by atoms with van der Waals surface area (Å²) in [6.07, 6.45) is 0. The van der Waals surface area contributed by atoms with Gasteiger partial charge in [-0.25, -0.2) is 0 Å². The van der Waals surface area contributed by atoms with E-state index in [9.17, 15) is 4.79 Å². The lowest BCUT2D eigenvalue weighted by molar-refractivity contribution is -0.114. The van der Waals surface area contributed by atoms with Crippen LogP contribution in [0.3, 0.4) is 0 Å². The Balaban J connectivity index is 1.69. The van der Waals surface area contributed by atoms with E-state index in [-0.39, 0.29) is 11.9 Å². The van der Waals surface area contributed by atoms with Crippen molar-refractivity contribution in [2.45, 2.75) is 13.0 Å². The number of nitrogens with zero attached hydrogens (tertiary/aromatic N) is 1. The average Bonchev–Trinajstić information content (AvgIpc) is 3.42. The van der Waals surface area contributed by atoms with Crippen molar-refractivity contribution in [3.05, 3.63) is 87.6 Å². The van der Waals surface area contributed by atoms with Gasteiger partial charge < -0.3 is 16.0 Å². The van der Waals surface area contributed by atoms with Crippen LogP contribution in [-0.4, -0.2) is 15.6 Å². The molecule has 1 aliphatic heterocycles. The number of hydrogen-bond acceptors (Lipinski definition) is 3. The minimum absolute atomic E-state index is 0.0373. The second-order valence-corrected chi connectivity index (χ2v) is 9.27. The van der Waals surface area contributed by atoms with E-state index in [1.165, 1.54) is 11.8 Å². The molecule has 1 amide bonds. The minimum Gasteiger partial charge on any atom is -0.351 e. The highest BCUT2D eigenvalue weighted by molar-refractivity contribution is 7.80. The summed E-state index contributed by atoms with van der Waals surface area (Å²) in [6.45, 7) is 1.50. The number of thiocarbonyl (C=S) groups is 1. The molecule has 1 unspecified atom stereocenters. The van der Waals surface area contributed by atoms with Crippen molar-refractivity contribution < 1.29 is 4.79 Å². The third-order valence-corrected chi connectivity index (χ3v) is 6.67. The molecule has 1 atom stereocenters. The van der Waals surface area contributed by atoms with E-state index in [4.69, 9.17) is 23.8 Å². The first-order chi connectivity index (χ1) is 15.5. The fraction of sp³-hybridized carbons (Fsp3) is 0.0833. The van der Waals surface area contributed by atoms with Crippen LogP contribution in [0.4, 0.5) is 11.5 Å². The van der Waals surface area contributed by atoms with Crippen molar-refractivity contribution in [3.8, 4) is 16.9 Å². The van der Waals surface area contributed by atoms with Gasteiger partial charge in [0.2, 0.25) is 5.91 Å². The Morgan fingerprint density at radius 3 is 2.53 bits per heavy atom. The lowest BCUT2D eigenvalue weighted by Gasteiger charge is -2.27. The van der Waals surface area contributed by atoms with Crippen LogP contribution in [0.1, 0.15) is 23.4 Å². The zero-order valence-electron chi connectivity index (χ0n) is 17.1. The van der Waals surface area contributed by atoms with Crippen LogP contribution in [0.2, 0.25) is 5.02 Å². The summed E-state index contributed by atoms with van der Waals surface area (Å²) in [5.74, 6) is 0.829. The highest BCUT2D eigenvalue weighted by Gasteiger charge is 2.30. The van der Waals surface area contributed by atoms with Gasteiger partial charge in [0.15, 0.2) is 5.11 Å². The van der Waals surface area contributed by atoms with Crippen LogP contribution < -0.4 is 16.0 Å². The Morgan fingerprint density at radius 2 is 1.88 bits per heavy atom. The molecule has 3 N–H and O–H groups in total. The Kier molecular flexibility index (Phi) is 5.46. The van der Waals surface area contributed by atoms with E-state index in [1.54, 1.807) is 11.3 Å². The fourth-order valence-electron chi connectivity index (χ4n) is 3.91. The number of hydrogen-bond donors (Lipinski definition) is 3. The molecule has 5 nitrogen and oxygen atoms in total. The second-order valence-electron chi connectivity index (χ2n) is 7.45. The molecule has 0 aliphatic carbocycles. The molecule has 4 aromatic rings. The maximum absolute atomic E-state index is 11.4. The van der Waals surface area contributed by atoms with Crippen LogP contribution in [0.25, 0.3) is 16.9 Å². The van der Waals surface area contributed by atoms with Crippen LogP contribution in [0, 0.1) is 0 Å². The number of amides is 1. The third kappa shape index (κ3) is 3.90. The van der Waals surface area contributed by atoms with Crippen LogP contribution in [-0.2, 0) is 4.79 Å². The number of carbonyl (C=O) groups excluding carboxylic acids is 1. The number of benzene rings is 2. The highest BCUT2D eigenvalue weighted by atomic mass is 35.5. The maximum atomic E-state index is 11.4. The molecular formula is C24H19ClN4OS2. The largest absolute Gasteiger partial charge is 0.351 e. The lowest BCUT2D eigenvalue weighted by Crippen LogP contribution is -2.38. The van der Waals surface area contributed by atoms with Crippen molar-refractivity contribution in [2.24, 2.45) is 0 Å². The SMILES string of the molecule is CC(=O)Nc1ccc(-c2cc3c(n2-c2ccc(Cl)cc2)NC(=S)NC3c2cccs2)cc1. The first kappa shape index (κ1) is 20.8. The van der Waals surface area contributed by atoms with Gasteiger partial charge in [-0.2, -0.15) is 0 Å². The molecule has 160 valence electrons. The maximum Gasteiger partial charge on any atom is 0.221 e. The number of aromatic nitrogens is 1. The number of rotatable bonds is 4. The number of thiophene rings is 1. The normalized spacial score (nSPS) is 14.9. The number of nitrogens with one attached hydrogen (secondary N) is 3. The second kappa shape index (κ2) is 8.43. The van der Waals surface area contributed by atoms with Crippen LogP contribution in [0.5, 0.6) is 0 Å². The number of fused-ring (bicyclic) bond motifs is 1. The lowest BCUT2D eigenvalue weighted by atomic mass is 10.0. The molecule has 2 aromatic heterocycles. The molecule has 0 saturated carbocycles. The summed E-state index contributed by atoms with van der Waals surface area (Å²) in [4.78, 5) is 12.6. The zero-order chi connectivity index (χ0) is 22.2. The predicted octanol–water partition coefficient (Wildman–Crippen LogP) is 6.21. The van der Waals surface area contributed by atoms with Gasteiger partial charge in [-0.3, -0.25) is 9.36 Å². The van der Waals surface area contributed by atoms with E-state index < -0.39 is 0 Å². The van der Waals surface area contributed by atoms with Gasteiger partial charge >= 0.3 is 0 Å². The first-order valence-electron chi connectivity index (χ1n) is 10.00.